The van der Waals surface area contributed by atoms with Crippen molar-refractivity contribution in [2.75, 3.05) is 20.1 Å². The maximum absolute atomic E-state index is 13.5. The molecule has 20 heavy (non-hydrogen) atoms. The Morgan fingerprint density at radius 1 is 1.45 bits per heavy atom. The molecular weight excluding hydrogens is 300 g/mol. The number of hydrogen-bond acceptors (Lipinski definition) is 2. The third kappa shape index (κ3) is 2.52. The van der Waals surface area contributed by atoms with Crippen LogP contribution < -0.4 is 0 Å². The van der Waals surface area contributed by atoms with Gasteiger partial charge >= 0.3 is 0 Å². The summed E-state index contributed by atoms with van der Waals surface area (Å²) in [6.45, 7) is 3.03. The van der Waals surface area contributed by atoms with Crippen molar-refractivity contribution < 1.29 is 4.39 Å². The predicted molar refractivity (Wildman–Crippen MR) is 79.9 cm³/mol. The lowest BCUT2D eigenvalue weighted by molar-refractivity contribution is 0.378. The molecule has 1 aliphatic rings. The number of imidazole rings is 1. The normalized spacial score (nSPS) is 20.1. The molecule has 1 saturated heterocycles. The summed E-state index contributed by atoms with van der Waals surface area (Å²) >= 11 is 11.9. The Morgan fingerprint density at radius 2 is 2.25 bits per heavy atom. The zero-order valence-electron chi connectivity index (χ0n) is 11.2. The number of alkyl halides is 1. The van der Waals surface area contributed by atoms with Crippen LogP contribution in [0.25, 0.3) is 11.0 Å². The molecule has 108 valence electrons. The standard InChI is InChI=1S/C14H16Cl2FN3/c1-19-3-2-9(7-19)8-20-13-4-10(16)11(17)5-12(13)18-14(20)6-15/h4-5,9H,2-3,6-8H2,1H3. The third-order valence-electron chi connectivity index (χ3n) is 3.92. The number of benzene rings is 1. The Morgan fingerprint density at radius 3 is 2.90 bits per heavy atom. The fourth-order valence-electron chi connectivity index (χ4n) is 2.91. The van der Waals surface area contributed by atoms with Crippen molar-refractivity contribution in [3.05, 3.63) is 28.8 Å². The zero-order valence-corrected chi connectivity index (χ0v) is 12.8. The molecule has 0 radical (unpaired) electrons. The fourth-order valence-corrected chi connectivity index (χ4v) is 3.27. The molecule has 0 spiro atoms. The van der Waals surface area contributed by atoms with Gasteiger partial charge in [0.2, 0.25) is 0 Å². The number of nitrogens with zero attached hydrogens (tertiary/aromatic N) is 3. The number of likely N-dealkylation sites (tertiary alicyclic amines) is 1. The van der Waals surface area contributed by atoms with E-state index < -0.39 is 5.82 Å². The van der Waals surface area contributed by atoms with Gasteiger partial charge in [-0.25, -0.2) is 9.37 Å². The Kier molecular flexibility index (Phi) is 3.89. The Hall–Kier alpha value is -0.840. The van der Waals surface area contributed by atoms with Gasteiger partial charge in [0, 0.05) is 19.2 Å². The molecule has 1 aromatic carbocycles. The third-order valence-corrected chi connectivity index (χ3v) is 4.45. The van der Waals surface area contributed by atoms with Crippen molar-refractivity contribution >= 4 is 34.2 Å². The highest BCUT2D eigenvalue weighted by atomic mass is 35.5. The van der Waals surface area contributed by atoms with E-state index in [-0.39, 0.29) is 5.02 Å². The van der Waals surface area contributed by atoms with Crippen molar-refractivity contribution in [2.24, 2.45) is 5.92 Å². The fraction of sp³-hybridized carbons (Fsp3) is 0.500. The summed E-state index contributed by atoms with van der Waals surface area (Å²) in [6, 6.07) is 3.03. The average molecular weight is 316 g/mol. The monoisotopic (exact) mass is 315 g/mol. The van der Waals surface area contributed by atoms with E-state index in [1.165, 1.54) is 6.07 Å². The van der Waals surface area contributed by atoms with E-state index in [9.17, 15) is 4.39 Å². The lowest BCUT2D eigenvalue weighted by atomic mass is 10.1. The number of fused-ring (bicyclic) bond motifs is 1. The molecule has 1 fully saturated rings. The van der Waals surface area contributed by atoms with Gasteiger partial charge in [0.25, 0.3) is 0 Å². The lowest BCUT2D eigenvalue weighted by Gasteiger charge is -2.14. The second-order valence-corrected chi connectivity index (χ2v) is 6.12. The second kappa shape index (κ2) is 5.51. The molecule has 1 aromatic heterocycles. The first-order valence-corrected chi connectivity index (χ1v) is 7.58. The first-order chi connectivity index (χ1) is 9.58. The second-order valence-electron chi connectivity index (χ2n) is 5.44. The minimum Gasteiger partial charge on any atom is -0.327 e. The van der Waals surface area contributed by atoms with Crippen molar-refractivity contribution in [1.29, 1.82) is 0 Å². The molecule has 0 N–H and O–H groups in total. The van der Waals surface area contributed by atoms with Gasteiger partial charge in [-0.2, -0.15) is 0 Å². The van der Waals surface area contributed by atoms with Gasteiger partial charge in [-0.1, -0.05) is 11.6 Å². The minimum atomic E-state index is -0.439. The van der Waals surface area contributed by atoms with Gasteiger partial charge in [0.05, 0.1) is 21.9 Å². The van der Waals surface area contributed by atoms with Crippen LogP contribution in [-0.2, 0) is 12.4 Å². The SMILES string of the molecule is CN1CCC(Cn2c(CCl)nc3cc(F)c(Cl)cc32)C1. The zero-order chi connectivity index (χ0) is 14.3. The number of halogens is 3. The van der Waals surface area contributed by atoms with Crippen molar-refractivity contribution in [3.8, 4) is 0 Å². The van der Waals surface area contributed by atoms with E-state index in [1.807, 2.05) is 0 Å². The summed E-state index contributed by atoms with van der Waals surface area (Å²) in [5, 5.41) is 0.128. The molecule has 6 heteroatoms. The van der Waals surface area contributed by atoms with E-state index in [0.717, 1.165) is 37.4 Å². The van der Waals surface area contributed by atoms with E-state index >= 15 is 0 Å². The molecule has 3 rings (SSSR count). The Bertz CT molecular complexity index is 641. The van der Waals surface area contributed by atoms with Crippen LogP contribution >= 0.6 is 23.2 Å². The highest BCUT2D eigenvalue weighted by molar-refractivity contribution is 6.31. The summed E-state index contributed by atoms with van der Waals surface area (Å²) in [4.78, 5) is 6.73. The molecule has 1 atom stereocenters. The molecule has 2 aromatic rings. The van der Waals surface area contributed by atoms with Gasteiger partial charge in [0.15, 0.2) is 0 Å². The minimum absolute atomic E-state index is 0.128. The molecule has 2 heterocycles. The molecular formula is C14H16Cl2FN3. The van der Waals surface area contributed by atoms with Gasteiger partial charge in [-0.15, -0.1) is 11.6 Å². The van der Waals surface area contributed by atoms with Crippen molar-refractivity contribution in [2.45, 2.75) is 18.8 Å². The summed E-state index contributed by atoms with van der Waals surface area (Å²) in [7, 11) is 2.13. The van der Waals surface area contributed by atoms with E-state index in [1.54, 1.807) is 6.07 Å². The largest absolute Gasteiger partial charge is 0.327 e. The predicted octanol–water partition coefficient (Wildman–Crippen LogP) is 3.52. The van der Waals surface area contributed by atoms with Crippen molar-refractivity contribution in [3.63, 3.8) is 0 Å². The maximum atomic E-state index is 13.5. The maximum Gasteiger partial charge on any atom is 0.144 e. The molecule has 0 saturated carbocycles. The van der Waals surface area contributed by atoms with E-state index in [0.29, 0.717) is 17.3 Å². The number of rotatable bonds is 3. The first-order valence-electron chi connectivity index (χ1n) is 6.67. The smallest absolute Gasteiger partial charge is 0.144 e. The summed E-state index contributed by atoms with van der Waals surface area (Å²) in [5.74, 6) is 1.22. The molecule has 1 unspecified atom stereocenters. The molecule has 0 aliphatic carbocycles. The van der Waals surface area contributed by atoms with Crippen LogP contribution in [0.5, 0.6) is 0 Å². The average Bonchev–Trinajstić information content (AvgIpc) is 2.96. The molecule has 3 nitrogen and oxygen atoms in total. The quantitative estimate of drug-likeness (QED) is 0.808. The summed E-state index contributed by atoms with van der Waals surface area (Å²) in [6.07, 6.45) is 1.16. The molecule has 1 aliphatic heterocycles. The number of hydrogen-bond donors (Lipinski definition) is 0. The lowest BCUT2D eigenvalue weighted by Crippen LogP contribution is -2.18. The number of aromatic nitrogens is 2. The van der Waals surface area contributed by atoms with E-state index in [2.05, 4.69) is 21.5 Å². The van der Waals surface area contributed by atoms with Gasteiger partial charge in [0.1, 0.15) is 11.6 Å². The Balaban J connectivity index is 2.01. The summed E-state index contributed by atoms with van der Waals surface area (Å²) < 4.78 is 15.6. The van der Waals surface area contributed by atoms with Crippen LogP contribution in [0.3, 0.4) is 0 Å². The van der Waals surface area contributed by atoms with Crippen LogP contribution in [0, 0.1) is 11.7 Å². The topological polar surface area (TPSA) is 21.1 Å². The van der Waals surface area contributed by atoms with Gasteiger partial charge in [-0.05, 0) is 32.0 Å². The van der Waals surface area contributed by atoms with Gasteiger partial charge in [-0.3, -0.25) is 0 Å². The highest BCUT2D eigenvalue weighted by Crippen LogP contribution is 2.27. The van der Waals surface area contributed by atoms with Crippen LogP contribution in [0.15, 0.2) is 12.1 Å². The molecule has 0 amide bonds. The summed E-state index contributed by atoms with van der Waals surface area (Å²) in [5.41, 5.74) is 1.48. The van der Waals surface area contributed by atoms with Crippen molar-refractivity contribution in [1.82, 2.24) is 14.5 Å². The van der Waals surface area contributed by atoms with Gasteiger partial charge < -0.3 is 9.47 Å². The molecule has 0 bridgehead atoms. The van der Waals surface area contributed by atoms with Crippen LogP contribution in [-0.4, -0.2) is 34.6 Å². The first kappa shape index (κ1) is 14.1. The van der Waals surface area contributed by atoms with Crippen LogP contribution in [0.4, 0.5) is 4.39 Å². The highest BCUT2D eigenvalue weighted by Gasteiger charge is 2.22. The van der Waals surface area contributed by atoms with Crippen LogP contribution in [0.2, 0.25) is 5.02 Å². The van der Waals surface area contributed by atoms with E-state index in [4.69, 9.17) is 23.2 Å². The van der Waals surface area contributed by atoms with Crippen LogP contribution in [0.1, 0.15) is 12.2 Å². The Labute approximate surface area is 127 Å².